The number of aromatic amines is 1. The summed E-state index contributed by atoms with van der Waals surface area (Å²) in [6.07, 6.45) is 10.8. The first-order valence-corrected chi connectivity index (χ1v) is 5.52. The highest BCUT2D eigenvalue weighted by Crippen LogP contribution is 2.24. The second-order valence-corrected chi connectivity index (χ2v) is 4.10. The Morgan fingerprint density at radius 2 is 2.31 bits per heavy atom. The molecule has 0 amide bonds. The van der Waals surface area contributed by atoms with Gasteiger partial charge in [0.1, 0.15) is 0 Å². The van der Waals surface area contributed by atoms with E-state index in [1.807, 2.05) is 18.5 Å². The van der Waals surface area contributed by atoms with Crippen LogP contribution in [0.1, 0.15) is 23.4 Å². The summed E-state index contributed by atoms with van der Waals surface area (Å²) in [7, 11) is 0. The van der Waals surface area contributed by atoms with Gasteiger partial charge in [0.15, 0.2) is 0 Å². The molecule has 3 heteroatoms. The monoisotopic (exact) mass is 211 g/mol. The molecule has 80 valence electrons. The van der Waals surface area contributed by atoms with Gasteiger partial charge in [-0.1, -0.05) is 11.6 Å². The van der Waals surface area contributed by atoms with Crippen molar-refractivity contribution in [2.24, 2.45) is 0 Å². The van der Waals surface area contributed by atoms with E-state index < -0.39 is 0 Å². The average Bonchev–Trinajstić information content (AvgIpc) is 2.82. The van der Waals surface area contributed by atoms with E-state index >= 15 is 0 Å². The number of fused-ring (bicyclic) bond motifs is 1. The van der Waals surface area contributed by atoms with Crippen molar-refractivity contribution in [2.75, 3.05) is 0 Å². The molecule has 2 heterocycles. The van der Waals surface area contributed by atoms with Gasteiger partial charge >= 0.3 is 0 Å². The van der Waals surface area contributed by atoms with E-state index in [0.717, 1.165) is 25.0 Å². The van der Waals surface area contributed by atoms with E-state index in [-0.39, 0.29) is 0 Å². The summed E-state index contributed by atoms with van der Waals surface area (Å²) in [6.45, 7) is 0. The Morgan fingerprint density at radius 3 is 3.19 bits per heavy atom. The lowest BCUT2D eigenvalue weighted by molar-refractivity contribution is 0.807. The van der Waals surface area contributed by atoms with E-state index in [9.17, 15) is 0 Å². The van der Waals surface area contributed by atoms with E-state index in [4.69, 9.17) is 0 Å². The quantitative estimate of drug-likeness (QED) is 0.786. The third kappa shape index (κ3) is 1.76. The van der Waals surface area contributed by atoms with Crippen molar-refractivity contribution in [2.45, 2.75) is 19.3 Å². The summed E-state index contributed by atoms with van der Waals surface area (Å²) in [6, 6.07) is 4.18. The Hall–Kier alpha value is -1.90. The molecule has 1 N–H and O–H groups in total. The minimum absolute atomic E-state index is 1.02. The minimum Gasteiger partial charge on any atom is -0.345 e. The van der Waals surface area contributed by atoms with E-state index in [0.29, 0.717) is 0 Å². The zero-order valence-corrected chi connectivity index (χ0v) is 8.98. The number of nitrogens with one attached hydrogen (secondary N) is 1. The highest BCUT2D eigenvalue weighted by Gasteiger charge is 2.13. The normalized spacial score (nSPS) is 17.4. The molecule has 0 atom stereocenters. The molecule has 0 radical (unpaired) electrons. The number of imidazole rings is 1. The molecule has 0 saturated carbocycles. The smallest absolute Gasteiger partial charge is 0.0924 e. The van der Waals surface area contributed by atoms with Gasteiger partial charge in [0.25, 0.3) is 0 Å². The van der Waals surface area contributed by atoms with Crippen molar-refractivity contribution in [1.29, 1.82) is 0 Å². The van der Waals surface area contributed by atoms with Crippen LogP contribution in [0.25, 0.3) is 6.08 Å². The van der Waals surface area contributed by atoms with Crippen molar-refractivity contribution in [3.63, 3.8) is 0 Å². The van der Waals surface area contributed by atoms with Gasteiger partial charge in [0.05, 0.1) is 18.2 Å². The number of H-pyrrole nitrogens is 1. The number of aromatic nitrogens is 3. The third-order valence-electron chi connectivity index (χ3n) is 2.96. The summed E-state index contributed by atoms with van der Waals surface area (Å²) in [4.78, 5) is 11.5. The number of hydrogen-bond acceptors (Lipinski definition) is 2. The van der Waals surface area contributed by atoms with Crippen molar-refractivity contribution in [1.82, 2.24) is 15.0 Å². The van der Waals surface area contributed by atoms with Crippen LogP contribution in [0, 0.1) is 0 Å². The molecule has 3 rings (SSSR count). The molecule has 0 aromatic carbocycles. The number of hydrogen-bond donors (Lipinski definition) is 1. The Bertz CT molecular complexity index is 512. The van der Waals surface area contributed by atoms with Crippen LogP contribution in [0.5, 0.6) is 0 Å². The lowest BCUT2D eigenvalue weighted by atomic mass is 9.91. The van der Waals surface area contributed by atoms with Gasteiger partial charge < -0.3 is 4.98 Å². The van der Waals surface area contributed by atoms with Crippen LogP contribution in [0.2, 0.25) is 0 Å². The highest BCUT2D eigenvalue weighted by molar-refractivity contribution is 5.50. The van der Waals surface area contributed by atoms with Gasteiger partial charge in [0.2, 0.25) is 0 Å². The zero-order valence-electron chi connectivity index (χ0n) is 8.98. The van der Waals surface area contributed by atoms with Crippen LogP contribution in [0.15, 0.2) is 36.4 Å². The Morgan fingerprint density at radius 1 is 1.31 bits per heavy atom. The van der Waals surface area contributed by atoms with E-state index in [1.54, 1.807) is 6.33 Å². The molecule has 3 nitrogen and oxygen atoms in total. The number of rotatable bonds is 1. The summed E-state index contributed by atoms with van der Waals surface area (Å²) in [5.41, 5.74) is 5.15. The van der Waals surface area contributed by atoms with E-state index in [1.165, 1.54) is 16.8 Å². The zero-order chi connectivity index (χ0) is 10.8. The summed E-state index contributed by atoms with van der Waals surface area (Å²) >= 11 is 0. The fourth-order valence-electron chi connectivity index (χ4n) is 2.16. The lowest BCUT2D eigenvalue weighted by Crippen LogP contribution is -2.07. The predicted molar refractivity (Wildman–Crippen MR) is 62.8 cm³/mol. The van der Waals surface area contributed by atoms with Crippen molar-refractivity contribution >= 4 is 6.08 Å². The average molecular weight is 211 g/mol. The highest BCUT2D eigenvalue weighted by atomic mass is 14.8. The molecule has 0 saturated heterocycles. The second-order valence-electron chi connectivity index (χ2n) is 4.10. The van der Waals surface area contributed by atoms with Gasteiger partial charge in [-0.05, 0) is 37.0 Å². The van der Waals surface area contributed by atoms with Crippen molar-refractivity contribution in [3.05, 3.63) is 53.4 Å². The third-order valence-corrected chi connectivity index (χ3v) is 2.96. The first kappa shape index (κ1) is 9.33. The standard InChI is InChI=1S/C13H13N3/c1-2-11-6-10(3-4-13(11)15-5-1)7-12-8-14-9-16-12/h1-2,5,7-9H,3-4,6H2,(H,14,16)/b10-7-. The van der Waals surface area contributed by atoms with Gasteiger partial charge in [-0.2, -0.15) is 0 Å². The molecular formula is C13H13N3. The maximum Gasteiger partial charge on any atom is 0.0924 e. The lowest BCUT2D eigenvalue weighted by Gasteiger charge is -2.16. The molecule has 2 aromatic heterocycles. The summed E-state index contributed by atoms with van der Waals surface area (Å²) in [5, 5.41) is 0. The minimum atomic E-state index is 1.02. The first-order chi connectivity index (χ1) is 7.92. The van der Waals surface area contributed by atoms with Gasteiger partial charge in [-0.25, -0.2) is 4.98 Å². The molecule has 0 fully saturated rings. The molecule has 16 heavy (non-hydrogen) atoms. The van der Waals surface area contributed by atoms with Crippen molar-refractivity contribution < 1.29 is 0 Å². The summed E-state index contributed by atoms with van der Waals surface area (Å²) in [5.74, 6) is 0. The van der Waals surface area contributed by atoms with Crippen LogP contribution in [-0.2, 0) is 12.8 Å². The molecule has 0 aliphatic heterocycles. The molecule has 0 unspecified atom stereocenters. The van der Waals surface area contributed by atoms with Gasteiger partial charge in [-0.3, -0.25) is 4.98 Å². The SMILES string of the molecule is C(=C1\CCc2ncccc2C1)/c1cnc[nH]1. The van der Waals surface area contributed by atoms with Crippen molar-refractivity contribution in [3.8, 4) is 0 Å². The second kappa shape index (κ2) is 3.93. The molecular weight excluding hydrogens is 198 g/mol. The summed E-state index contributed by atoms with van der Waals surface area (Å²) < 4.78 is 0. The molecule has 0 spiro atoms. The van der Waals surface area contributed by atoms with Crippen LogP contribution >= 0.6 is 0 Å². The van der Waals surface area contributed by atoms with Gasteiger partial charge in [-0.15, -0.1) is 0 Å². The number of pyridine rings is 1. The molecule has 1 aliphatic rings. The fourth-order valence-corrected chi connectivity index (χ4v) is 2.16. The number of allylic oxidation sites excluding steroid dienone is 1. The fraction of sp³-hybridized carbons (Fsp3) is 0.231. The maximum absolute atomic E-state index is 4.40. The molecule has 1 aliphatic carbocycles. The van der Waals surface area contributed by atoms with E-state index in [2.05, 4.69) is 27.1 Å². The Kier molecular flexibility index (Phi) is 2.29. The number of aryl methyl sites for hydroxylation is 1. The van der Waals surface area contributed by atoms with Crippen LogP contribution < -0.4 is 0 Å². The number of nitrogens with zero attached hydrogens (tertiary/aromatic N) is 2. The molecule has 0 bridgehead atoms. The Balaban J connectivity index is 1.88. The topological polar surface area (TPSA) is 41.6 Å². The largest absolute Gasteiger partial charge is 0.345 e. The predicted octanol–water partition coefficient (Wildman–Crippen LogP) is 2.38. The van der Waals surface area contributed by atoms with Crippen LogP contribution in [-0.4, -0.2) is 15.0 Å². The maximum atomic E-state index is 4.40. The van der Waals surface area contributed by atoms with Crippen LogP contribution in [0.4, 0.5) is 0 Å². The van der Waals surface area contributed by atoms with Gasteiger partial charge in [0, 0.05) is 11.9 Å². The Labute approximate surface area is 94.3 Å². The van der Waals surface area contributed by atoms with Crippen LogP contribution in [0.3, 0.4) is 0 Å². The first-order valence-electron chi connectivity index (χ1n) is 5.52. The molecule has 2 aromatic rings.